The van der Waals surface area contributed by atoms with Gasteiger partial charge < -0.3 is 14.3 Å². The van der Waals surface area contributed by atoms with Crippen LogP contribution in [0.15, 0.2) is 113 Å². The fourth-order valence-electron chi connectivity index (χ4n) is 9.72. The van der Waals surface area contributed by atoms with Gasteiger partial charge in [-0.2, -0.15) is 0 Å². The van der Waals surface area contributed by atoms with Gasteiger partial charge in [-0.05, 0) is 104 Å². The summed E-state index contributed by atoms with van der Waals surface area (Å²) in [5.74, 6) is -4.92. The van der Waals surface area contributed by atoms with Gasteiger partial charge in [0.05, 0.1) is 45.8 Å². The Morgan fingerprint density at radius 1 is 0.891 bits per heavy atom. The number of oxazole rings is 1. The molecular weight excluding hydrogens is 725 g/mol. The molecule has 5 aromatic rings. The quantitative estimate of drug-likeness (QED) is 0.145. The Morgan fingerprint density at radius 3 is 2.45 bits per heavy atom. The van der Waals surface area contributed by atoms with Crippen molar-refractivity contribution < 1.29 is 37.8 Å². The van der Waals surface area contributed by atoms with Gasteiger partial charge in [0.2, 0.25) is 29.5 Å². The van der Waals surface area contributed by atoms with Gasteiger partial charge in [-0.3, -0.25) is 24.1 Å². The van der Waals surface area contributed by atoms with Gasteiger partial charge in [-0.15, -0.1) is 0 Å². The highest BCUT2D eigenvalue weighted by Gasteiger charge is 2.68. The standard InChI is InChI=1S/C43H31ClFN3O7/c1-43-30(40(51)48(42(43)53)25-10-14-32(45)31(44)18-25)19-29-27(37(43)23-16-22-17-26(49)11-15-34(22)54-20-23)12-13-28-36(29)41(52)47(39(28)50)24-8-6-21(7-9-24)38-46-33-4-2-3-5-35(33)55-38/h2-12,14-15,17-18,20,28-30,36-37,49H,13,16,19H2,1H3. The molecule has 55 heavy (non-hydrogen) atoms. The molecule has 4 heterocycles. The molecule has 1 aromatic heterocycles. The molecule has 1 N–H and O–H groups in total. The summed E-state index contributed by atoms with van der Waals surface area (Å²) in [6.07, 6.45) is 4.29. The summed E-state index contributed by atoms with van der Waals surface area (Å²) in [7, 11) is 0. The van der Waals surface area contributed by atoms with Crippen molar-refractivity contribution in [3.63, 3.8) is 0 Å². The van der Waals surface area contributed by atoms with Gasteiger partial charge in [0.1, 0.15) is 22.8 Å². The van der Waals surface area contributed by atoms with Gasteiger partial charge in [0, 0.05) is 23.5 Å². The summed E-state index contributed by atoms with van der Waals surface area (Å²) < 4.78 is 26.2. The molecule has 0 bridgehead atoms. The topological polar surface area (TPSA) is 130 Å². The Morgan fingerprint density at radius 2 is 1.67 bits per heavy atom. The first kappa shape index (κ1) is 33.5. The predicted molar refractivity (Wildman–Crippen MR) is 199 cm³/mol. The van der Waals surface area contributed by atoms with E-state index in [1.807, 2.05) is 30.3 Å². The average Bonchev–Trinajstić information content (AvgIpc) is 3.79. The highest BCUT2D eigenvalue weighted by Crippen LogP contribution is 2.63. The lowest BCUT2D eigenvalue weighted by molar-refractivity contribution is -0.132. The van der Waals surface area contributed by atoms with E-state index >= 15 is 0 Å². The van der Waals surface area contributed by atoms with Crippen molar-refractivity contribution in [1.29, 1.82) is 0 Å². The Labute approximate surface area is 318 Å². The van der Waals surface area contributed by atoms with Crippen LogP contribution in [-0.4, -0.2) is 33.7 Å². The number of rotatable bonds is 4. The molecule has 0 spiro atoms. The number of benzene rings is 4. The number of carbonyl (C=O) groups is 4. The van der Waals surface area contributed by atoms with Crippen molar-refractivity contribution in [1.82, 2.24) is 4.98 Å². The van der Waals surface area contributed by atoms with E-state index in [9.17, 15) is 28.7 Å². The van der Waals surface area contributed by atoms with Crippen LogP contribution in [-0.2, 0) is 25.6 Å². The lowest BCUT2D eigenvalue weighted by Crippen LogP contribution is -2.51. The number of amides is 4. The van der Waals surface area contributed by atoms with Crippen LogP contribution in [0, 0.1) is 40.8 Å². The van der Waals surface area contributed by atoms with Gasteiger partial charge in [0.25, 0.3) is 0 Å². The van der Waals surface area contributed by atoms with Crippen molar-refractivity contribution in [2.75, 3.05) is 9.80 Å². The van der Waals surface area contributed by atoms with Crippen molar-refractivity contribution in [3.8, 4) is 23.0 Å². The lowest BCUT2D eigenvalue weighted by atomic mass is 9.51. The van der Waals surface area contributed by atoms with Crippen molar-refractivity contribution in [2.24, 2.45) is 35.0 Å². The Balaban J connectivity index is 1.03. The number of carbonyl (C=O) groups excluding carboxylic acids is 4. The van der Waals surface area contributed by atoms with E-state index in [1.165, 1.54) is 23.1 Å². The van der Waals surface area contributed by atoms with Crippen LogP contribution in [0.2, 0.25) is 5.02 Å². The smallest absolute Gasteiger partial charge is 0.241 e. The van der Waals surface area contributed by atoms with Crippen LogP contribution in [0.5, 0.6) is 11.5 Å². The maximum Gasteiger partial charge on any atom is 0.241 e. The monoisotopic (exact) mass is 755 g/mol. The van der Waals surface area contributed by atoms with Crippen LogP contribution in [0.25, 0.3) is 22.6 Å². The molecule has 5 aliphatic rings. The van der Waals surface area contributed by atoms with Gasteiger partial charge in [-0.1, -0.05) is 35.4 Å². The number of phenolic OH excluding ortho intramolecular Hbond substituents is 1. The molecule has 4 amide bonds. The third-order valence-electron chi connectivity index (χ3n) is 12.2. The zero-order valence-corrected chi connectivity index (χ0v) is 30.0. The number of fused-ring (bicyclic) bond motifs is 6. The molecule has 12 heteroatoms. The molecule has 6 atom stereocenters. The number of phenols is 1. The molecule has 1 saturated carbocycles. The van der Waals surface area contributed by atoms with Crippen LogP contribution in [0.4, 0.5) is 15.8 Å². The number of hydrogen-bond acceptors (Lipinski definition) is 8. The molecule has 4 aromatic carbocycles. The van der Waals surface area contributed by atoms with E-state index in [4.69, 9.17) is 20.8 Å². The minimum Gasteiger partial charge on any atom is -0.508 e. The first-order chi connectivity index (χ1) is 26.5. The highest BCUT2D eigenvalue weighted by atomic mass is 35.5. The molecule has 10 rings (SSSR count). The largest absolute Gasteiger partial charge is 0.508 e. The average molecular weight is 756 g/mol. The number of ether oxygens (including phenoxy) is 1. The van der Waals surface area contributed by atoms with Crippen molar-refractivity contribution in [3.05, 3.63) is 125 Å². The van der Waals surface area contributed by atoms with Crippen LogP contribution in [0.1, 0.15) is 25.3 Å². The first-order valence-corrected chi connectivity index (χ1v) is 18.5. The Bertz CT molecular complexity index is 2570. The number of imide groups is 2. The first-order valence-electron chi connectivity index (χ1n) is 18.1. The third kappa shape index (κ3) is 4.81. The second kappa shape index (κ2) is 12.0. The van der Waals surface area contributed by atoms with Gasteiger partial charge in [0.15, 0.2) is 5.58 Å². The van der Waals surface area contributed by atoms with Crippen LogP contribution < -0.4 is 14.5 Å². The number of anilines is 2. The van der Waals surface area contributed by atoms with Crippen molar-refractivity contribution >= 4 is 57.7 Å². The van der Waals surface area contributed by atoms with E-state index < -0.39 is 52.6 Å². The van der Waals surface area contributed by atoms with Crippen molar-refractivity contribution in [2.45, 2.75) is 26.2 Å². The summed E-state index contributed by atoms with van der Waals surface area (Å²) >= 11 is 6.14. The maximum atomic E-state index is 14.8. The molecule has 2 aliphatic carbocycles. The lowest BCUT2D eigenvalue weighted by Gasteiger charge is -2.49. The molecule has 6 unspecified atom stereocenters. The van der Waals surface area contributed by atoms with Gasteiger partial charge >= 0.3 is 0 Å². The summed E-state index contributed by atoms with van der Waals surface area (Å²) in [4.78, 5) is 64.9. The van der Waals surface area contributed by atoms with E-state index in [0.717, 1.165) is 16.5 Å². The second-order valence-electron chi connectivity index (χ2n) is 15.1. The minimum atomic E-state index is -1.33. The molecule has 3 aliphatic heterocycles. The van der Waals surface area contributed by atoms with Crippen LogP contribution in [0.3, 0.4) is 0 Å². The molecule has 3 fully saturated rings. The van der Waals surface area contributed by atoms with Crippen LogP contribution >= 0.6 is 11.6 Å². The highest BCUT2D eigenvalue weighted by molar-refractivity contribution is 6.32. The SMILES string of the molecule is CC12C(=O)N(c3ccc(F)c(Cl)c3)C(=O)C1CC1C(=CCC3C(=O)N(c4ccc(-c5nc6ccccc6o5)cc4)C(=O)C31)C2C1=COc2ccc(O)cc2C1. The zero-order chi connectivity index (χ0) is 37.9. The minimum absolute atomic E-state index is 0.0532. The van der Waals surface area contributed by atoms with E-state index in [1.54, 1.807) is 49.6 Å². The Hall–Kier alpha value is -6.07. The number of para-hydroxylation sites is 2. The second-order valence-corrected chi connectivity index (χ2v) is 15.5. The normalized spacial score (nSPS) is 27.0. The molecule has 274 valence electrons. The number of nitrogens with zero attached hydrogens (tertiary/aromatic N) is 3. The third-order valence-corrected chi connectivity index (χ3v) is 12.5. The number of hydrogen-bond donors (Lipinski definition) is 1. The fourth-order valence-corrected chi connectivity index (χ4v) is 9.89. The van der Waals surface area contributed by atoms with Gasteiger partial charge in [-0.25, -0.2) is 14.3 Å². The number of aromatic hydroxyl groups is 1. The molecule has 2 saturated heterocycles. The summed E-state index contributed by atoms with van der Waals surface area (Å²) in [6.45, 7) is 1.77. The molecular formula is C43H31ClFN3O7. The molecule has 0 radical (unpaired) electrons. The predicted octanol–water partition coefficient (Wildman–Crippen LogP) is 7.78. The molecule has 10 nitrogen and oxygen atoms in total. The summed E-state index contributed by atoms with van der Waals surface area (Å²) in [5, 5.41) is 10.1. The summed E-state index contributed by atoms with van der Waals surface area (Å²) in [6, 6.07) is 22.9. The number of allylic oxidation sites excluding steroid dienone is 3. The number of aromatic nitrogens is 1. The maximum absolute atomic E-state index is 14.8. The zero-order valence-electron chi connectivity index (χ0n) is 29.2. The fraction of sp³-hybridized carbons (Fsp3) is 0.233. The van der Waals surface area contributed by atoms with E-state index in [2.05, 4.69) is 4.98 Å². The number of halogens is 2. The summed E-state index contributed by atoms with van der Waals surface area (Å²) in [5.41, 5.74) is 3.47. The Kier molecular flexibility index (Phi) is 7.29. The van der Waals surface area contributed by atoms with E-state index in [0.29, 0.717) is 51.5 Å². The van der Waals surface area contributed by atoms with E-state index in [-0.39, 0.29) is 41.1 Å².